The molecule has 2 aromatic rings. The molecule has 0 aromatic heterocycles. The Morgan fingerprint density at radius 3 is 2.34 bits per heavy atom. The molecule has 0 radical (unpaired) electrons. The Bertz CT molecular complexity index is 972. The highest BCUT2D eigenvalue weighted by atomic mass is 19.4. The van der Waals surface area contributed by atoms with Gasteiger partial charge in [0.2, 0.25) is 5.91 Å². The van der Waals surface area contributed by atoms with Crippen molar-refractivity contribution in [2.24, 2.45) is 0 Å². The maximum Gasteiger partial charge on any atom is 0.430 e. The van der Waals surface area contributed by atoms with Gasteiger partial charge in [0.05, 0.1) is 13.5 Å². The average molecular weight is 461 g/mol. The molecule has 1 aliphatic heterocycles. The van der Waals surface area contributed by atoms with E-state index in [1.807, 2.05) is 0 Å². The van der Waals surface area contributed by atoms with E-state index in [0.29, 0.717) is 36.3 Å². The summed E-state index contributed by atoms with van der Waals surface area (Å²) in [6.07, 6.45) is -10.8. The number of fused-ring (bicyclic) bond motifs is 1. The third-order valence-corrected chi connectivity index (χ3v) is 5.48. The van der Waals surface area contributed by atoms with Crippen LogP contribution in [0, 0.1) is 0 Å². The van der Waals surface area contributed by atoms with Crippen molar-refractivity contribution < 1.29 is 41.0 Å². The van der Waals surface area contributed by atoms with Crippen LogP contribution in [0.5, 0.6) is 5.75 Å². The van der Waals surface area contributed by atoms with Crippen LogP contribution in [0.4, 0.5) is 32.0 Å². The fraction of sp³-hybridized carbons (Fsp3) is 0.409. The second-order valence-electron chi connectivity index (χ2n) is 7.58. The molecule has 2 aromatic carbocycles. The molecule has 32 heavy (non-hydrogen) atoms. The summed E-state index contributed by atoms with van der Waals surface area (Å²) in [5, 5.41) is 9.70. The predicted octanol–water partition coefficient (Wildman–Crippen LogP) is 4.92. The van der Waals surface area contributed by atoms with Gasteiger partial charge in [0.1, 0.15) is 5.75 Å². The molecule has 0 aliphatic carbocycles. The molecule has 1 heterocycles. The third kappa shape index (κ3) is 4.41. The molecular formula is C22H21F6NO3. The van der Waals surface area contributed by atoms with Gasteiger partial charge in [-0.15, -0.1) is 0 Å². The number of methoxy groups -OCH3 is 1. The molecule has 0 unspecified atom stereocenters. The molecule has 0 spiro atoms. The van der Waals surface area contributed by atoms with Gasteiger partial charge in [-0.2, -0.15) is 26.3 Å². The zero-order chi connectivity index (χ0) is 23.7. The van der Waals surface area contributed by atoms with Crippen LogP contribution in [-0.4, -0.2) is 37.0 Å². The Morgan fingerprint density at radius 1 is 1.03 bits per heavy atom. The zero-order valence-corrected chi connectivity index (χ0v) is 17.1. The number of aliphatic hydroxyl groups is 1. The molecule has 0 atom stereocenters. The first kappa shape index (κ1) is 23.9. The number of hydrogen-bond acceptors (Lipinski definition) is 3. The van der Waals surface area contributed by atoms with Gasteiger partial charge in [0.15, 0.2) is 0 Å². The second kappa shape index (κ2) is 8.65. The molecule has 0 bridgehead atoms. The topological polar surface area (TPSA) is 49.8 Å². The molecule has 3 rings (SSSR count). The second-order valence-corrected chi connectivity index (χ2v) is 7.58. The standard InChI is InChI=1S/C22H21F6NO3/c1-32-17-7-4-5-14(11-17)12-19(30)29-10-3-2-6-15-13-16(8-9-18(15)29)20(31,21(23,24)25)22(26,27)28/h4-5,7-9,11,13,31H,2-3,6,10,12H2,1H3. The van der Waals surface area contributed by atoms with Gasteiger partial charge < -0.3 is 14.7 Å². The Labute approximate surface area is 180 Å². The van der Waals surface area contributed by atoms with Crippen molar-refractivity contribution in [3.8, 4) is 5.75 Å². The van der Waals surface area contributed by atoms with Crippen LogP contribution in [0.15, 0.2) is 42.5 Å². The first-order valence-corrected chi connectivity index (χ1v) is 9.81. The minimum atomic E-state index is -5.97. The van der Waals surface area contributed by atoms with E-state index < -0.39 is 23.5 Å². The van der Waals surface area contributed by atoms with Crippen molar-refractivity contribution in [3.05, 3.63) is 59.2 Å². The first-order chi connectivity index (χ1) is 14.9. The van der Waals surface area contributed by atoms with E-state index in [0.717, 1.165) is 6.07 Å². The van der Waals surface area contributed by atoms with Crippen LogP contribution in [0.3, 0.4) is 0 Å². The third-order valence-electron chi connectivity index (χ3n) is 5.48. The van der Waals surface area contributed by atoms with Gasteiger partial charge in [0.25, 0.3) is 5.60 Å². The molecule has 174 valence electrons. The molecule has 0 fully saturated rings. The summed E-state index contributed by atoms with van der Waals surface area (Å²) >= 11 is 0. The number of alkyl halides is 6. The highest BCUT2D eigenvalue weighted by molar-refractivity contribution is 5.95. The van der Waals surface area contributed by atoms with Gasteiger partial charge >= 0.3 is 12.4 Å². The van der Waals surface area contributed by atoms with Crippen molar-refractivity contribution in [1.29, 1.82) is 0 Å². The van der Waals surface area contributed by atoms with Crippen LogP contribution in [0.1, 0.15) is 29.5 Å². The number of nitrogens with zero attached hydrogens (tertiary/aromatic N) is 1. The van der Waals surface area contributed by atoms with Crippen LogP contribution >= 0.6 is 0 Å². The smallest absolute Gasteiger partial charge is 0.430 e. The Hall–Kier alpha value is -2.75. The number of carbonyl (C=O) groups is 1. The number of hydrogen-bond donors (Lipinski definition) is 1. The monoisotopic (exact) mass is 461 g/mol. The quantitative estimate of drug-likeness (QED) is 0.658. The summed E-state index contributed by atoms with van der Waals surface area (Å²) in [6.45, 7) is 0.276. The maximum absolute atomic E-state index is 13.3. The van der Waals surface area contributed by atoms with E-state index in [-0.39, 0.29) is 36.5 Å². The molecular weight excluding hydrogens is 440 g/mol. The summed E-state index contributed by atoms with van der Waals surface area (Å²) in [6, 6.07) is 9.13. The number of rotatable bonds is 4. The van der Waals surface area contributed by atoms with Gasteiger partial charge in [0, 0.05) is 17.8 Å². The highest BCUT2D eigenvalue weighted by Gasteiger charge is 2.71. The molecule has 1 amide bonds. The van der Waals surface area contributed by atoms with Crippen molar-refractivity contribution in [3.63, 3.8) is 0 Å². The highest BCUT2D eigenvalue weighted by Crippen LogP contribution is 2.50. The number of halogens is 6. The SMILES string of the molecule is COc1cccc(CC(=O)N2CCCCc3cc(C(O)(C(F)(F)F)C(F)(F)F)ccc32)c1. The molecule has 4 nitrogen and oxygen atoms in total. The minimum absolute atomic E-state index is 0.0204. The van der Waals surface area contributed by atoms with Crippen molar-refractivity contribution in [2.75, 3.05) is 18.6 Å². The van der Waals surface area contributed by atoms with E-state index in [2.05, 4.69) is 0 Å². The van der Waals surface area contributed by atoms with Crippen molar-refractivity contribution in [1.82, 2.24) is 0 Å². The fourth-order valence-corrected chi connectivity index (χ4v) is 3.78. The molecule has 0 saturated heterocycles. The largest absolute Gasteiger partial charge is 0.497 e. The fourth-order valence-electron chi connectivity index (χ4n) is 3.78. The van der Waals surface area contributed by atoms with E-state index in [4.69, 9.17) is 4.74 Å². The average Bonchev–Trinajstić information content (AvgIpc) is 2.93. The number of aryl methyl sites for hydroxylation is 1. The lowest BCUT2D eigenvalue weighted by Crippen LogP contribution is -2.54. The predicted molar refractivity (Wildman–Crippen MR) is 104 cm³/mol. The Morgan fingerprint density at radius 2 is 1.72 bits per heavy atom. The van der Waals surface area contributed by atoms with Gasteiger partial charge in [-0.3, -0.25) is 4.79 Å². The van der Waals surface area contributed by atoms with Gasteiger partial charge in [-0.05, 0) is 48.6 Å². The van der Waals surface area contributed by atoms with E-state index >= 15 is 0 Å². The van der Waals surface area contributed by atoms with Crippen LogP contribution in [-0.2, 0) is 23.2 Å². The first-order valence-electron chi connectivity index (χ1n) is 9.81. The molecule has 1 N–H and O–H groups in total. The lowest BCUT2D eigenvalue weighted by atomic mass is 9.89. The molecule has 10 heteroatoms. The number of anilines is 1. The number of benzene rings is 2. The summed E-state index contributed by atoms with van der Waals surface area (Å²) < 4.78 is 84.7. The Kier molecular flexibility index (Phi) is 6.46. The number of ether oxygens (including phenoxy) is 1. The summed E-state index contributed by atoms with van der Waals surface area (Å²) in [5.74, 6) is 0.200. The Balaban J connectivity index is 1.98. The maximum atomic E-state index is 13.3. The normalized spacial score (nSPS) is 15.2. The molecule has 0 saturated carbocycles. The van der Waals surface area contributed by atoms with Crippen LogP contribution in [0.2, 0.25) is 0 Å². The van der Waals surface area contributed by atoms with Crippen molar-refractivity contribution in [2.45, 2.75) is 43.6 Å². The summed E-state index contributed by atoms with van der Waals surface area (Å²) in [5.41, 5.74) is -5.29. The number of amides is 1. The van der Waals surface area contributed by atoms with E-state index in [9.17, 15) is 36.2 Å². The summed E-state index contributed by atoms with van der Waals surface area (Å²) in [7, 11) is 1.48. The molecule has 1 aliphatic rings. The van der Waals surface area contributed by atoms with E-state index in [1.165, 1.54) is 12.0 Å². The van der Waals surface area contributed by atoms with Gasteiger partial charge in [-0.1, -0.05) is 24.3 Å². The lowest BCUT2D eigenvalue weighted by Gasteiger charge is -2.33. The number of carbonyl (C=O) groups excluding carboxylic acids is 1. The van der Waals surface area contributed by atoms with Crippen molar-refractivity contribution >= 4 is 11.6 Å². The van der Waals surface area contributed by atoms with E-state index in [1.54, 1.807) is 24.3 Å². The minimum Gasteiger partial charge on any atom is -0.497 e. The van der Waals surface area contributed by atoms with Crippen LogP contribution in [0.25, 0.3) is 0 Å². The van der Waals surface area contributed by atoms with Crippen LogP contribution < -0.4 is 9.64 Å². The zero-order valence-electron chi connectivity index (χ0n) is 17.1. The lowest BCUT2D eigenvalue weighted by molar-refractivity contribution is -0.376. The van der Waals surface area contributed by atoms with Gasteiger partial charge in [-0.25, -0.2) is 0 Å². The summed E-state index contributed by atoms with van der Waals surface area (Å²) in [4.78, 5) is 14.3.